The number of alkyl carbamates (subject to hydrolysis) is 1. The van der Waals surface area contributed by atoms with E-state index >= 15 is 0 Å². The molecular weight excluding hydrogens is 534 g/mol. The van der Waals surface area contributed by atoms with Gasteiger partial charge in [-0.1, -0.05) is 44.2 Å². The maximum atomic E-state index is 14.0. The molecule has 0 bridgehead atoms. The minimum Gasteiger partial charge on any atom is -0.454 e. The van der Waals surface area contributed by atoms with Crippen LogP contribution in [-0.4, -0.2) is 61.6 Å². The van der Waals surface area contributed by atoms with Gasteiger partial charge in [0.2, 0.25) is 16.8 Å². The van der Waals surface area contributed by atoms with Crippen molar-refractivity contribution in [2.45, 2.75) is 76.5 Å². The Kier molecular flexibility index (Phi) is 10.1. The number of carbonyl (C=O) groups is 1. The predicted molar refractivity (Wildman–Crippen MR) is 149 cm³/mol. The highest BCUT2D eigenvalue weighted by Gasteiger charge is 2.36. The molecule has 0 radical (unpaired) electrons. The van der Waals surface area contributed by atoms with E-state index in [2.05, 4.69) is 11.4 Å². The Balaban J connectivity index is 1.93. The number of nitrogens with one attached hydrogen (secondary N) is 1. The molecule has 0 aromatic heterocycles. The Morgan fingerprint density at radius 3 is 2.45 bits per heavy atom. The third-order valence-electron chi connectivity index (χ3n) is 6.36. The number of aliphatic hydroxyl groups excluding tert-OH is 1. The number of benzene rings is 2. The Hall–Kier alpha value is -3.33. The predicted octanol–water partition coefficient (Wildman–Crippen LogP) is 4.23. The van der Waals surface area contributed by atoms with Crippen molar-refractivity contribution in [3.63, 3.8) is 0 Å². The summed E-state index contributed by atoms with van der Waals surface area (Å²) in [6, 6.07) is 14.9. The number of sulfonamides is 1. The average molecular weight is 574 g/mol. The highest BCUT2D eigenvalue weighted by atomic mass is 32.2. The molecule has 2 N–H and O–H groups in total. The maximum absolute atomic E-state index is 14.0. The molecule has 1 aliphatic rings. The Labute approximate surface area is 236 Å². The second-order valence-electron chi connectivity index (χ2n) is 11.6. The van der Waals surface area contributed by atoms with E-state index in [1.807, 2.05) is 44.2 Å². The van der Waals surface area contributed by atoms with Gasteiger partial charge in [-0.3, -0.25) is 0 Å². The zero-order valence-electron chi connectivity index (χ0n) is 23.7. The molecule has 0 unspecified atom stereocenters. The second kappa shape index (κ2) is 12.9. The van der Waals surface area contributed by atoms with Crippen molar-refractivity contribution in [2.75, 3.05) is 19.9 Å². The number of hydrogen-bond acceptors (Lipinski definition) is 8. The molecule has 0 fully saturated rings. The van der Waals surface area contributed by atoms with Crippen LogP contribution in [0.25, 0.3) is 0 Å². The molecule has 0 spiro atoms. The van der Waals surface area contributed by atoms with E-state index in [1.54, 1.807) is 20.8 Å². The first-order valence-corrected chi connectivity index (χ1v) is 14.6. The number of aliphatic hydroxyl groups is 1. The lowest BCUT2D eigenvalue weighted by molar-refractivity contribution is 0.0392. The molecule has 2 aromatic rings. The highest BCUT2D eigenvalue weighted by Crippen LogP contribution is 2.35. The first kappa shape index (κ1) is 31.2. The van der Waals surface area contributed by atoms with Crippen molar-refractivity contribution in [1.82, 2.24) is 9.62 Å². The van der Waals surface area contributed by atoms with E-state index < -0.39 is 39.3 Å². The number of carbonyl (C=O) groups excluding carboxylic acids is 1. The lowest BCUT2D eigenvalue weighted by Crippen LogP contribution is -2.52. The Morgan fingerprint density at radius 1 is 1.12 bits per heavy atom. The van der Waals surface area contributed by atoms with Crippen LogP contribution in [0.15, 0.2) is 53.4 Å². The zero-order valence-corrected chi connectivity index (χ0v) is 24.5. The van der Waals surface area contributed by atoms with Gasteiger partial charge < -0.3 is 24.6 Å². The minimum absolute atomic E-state index is 0.0000454. The van der Waals surface area contributed by atoms with Crippen LogP contribution in [0.4, 0.5) is 4.79 Å². The fourth-order valence-corrected chi connectivity index (χ4v) is 5.99. The monoisotopic (exact) mass is 573 g/mol. The number of fused-ring (bicyclic) bond motifs is 1. The van der Waals surface area contributed by atoms with E-state index in [1.165, 1.54) is 22.5 Å². The van der Waals surface area contributed by atoms with Gasteiger partial charge in [0.15, 0.2) is 11.5 Å². The van der Waals surface area contributed by atoms with Gasteiger partial charge in [0.25, 0.3) is 0 Å². The number of ether oxygens (including phenoxy) is 3. The van der Waals surface area contributed by atoms with Crippen LogP contribution in [0.5, 0.6) is 11.5 Å². The summed E-state index contributed by atoms with van der Waals surface area (Å²) in [4.78, 5) is 12.7. The lowest BCUT2D eigenvalue weighted by atomic mass is 9.88. The van der Waals surface area contributed by atoms with E-state index in [0.717, 1.165) is 5.56 Å². The van der Waals surface area contributed by atoms with Crippen molar-refractivity contribution in [2.24, 2.45) is 5.41 Å². The zero-order chi connectivity index (χ0) is 29.6. The average Bonchev–Trinajstić information content (AvgIpc) is 3.34. The van der Waals surface area contributed by atoms with Crippen LogP contribution < -0.4 is 14.8 Å². The summed E-state index contributed by atoms with van der Waals surface area (Å²) in [7, 11) is -4.13. The largest absolute Gasteiger partial charge is 0.454 e. The van der Waals surface area contributed by atoms with Gasteiger partial charge in [-0.25, -0.2) is 13.2 Å². The van der Waals surface area contributed by atoms with Crippen molar-refractivity contribution >= 4 is 16.1 Å². The van der Waals surface area contributed by atoms with Crippen LogP contribution in [0.3, 0.4) is 0 Å². The lowest BCUT2D eigenvalue weighted by Gasteiger charge is -2.35. The first-order chi connectivity index (χ1) is 18.7. The molecule has 0 saturated carbocycles. The molecule has 10 nitrogen and oxygen atoms in total. The molecule has 2 atom stereocenters. The quantitative estimate of drug-likeness (QED) is 0.385. The summed E-state index contributed by atoms with van der Waals surface area (Å²) in [5, 5.41) is 23.3. The van der Waals surface area contributed by atoms with Gasteiger partial charge in [0.05, 0.1) is 23.1 Å². The third kappa shape index (κ3) is 8.84. The fraction of sp³-hybridized carbons (Fsp3) is 0.517. The topological polar surface area (TPSA) is 138 Å². The molecule has 1 aliphatic heterocycles. The maximum Gasteiger partial charge on any atom is 0.407 e. The summed E-state index contributed by atoms with van der Waals surface area (Å²) in [6.45, 7) is 8.68. The Bertz CT molecular complexity index is 1300. The molecule has 2 aromatic carbocycles. The summed E-state index contributed by atoms with van der Waals surface area (Å²) >= 11 is 0. The standard InChI is InChI=1S/C29H39N3O7S/c1-28(2,3)39-27(34)31-23(16-21-10-7-6-8-11-21)24(33)18-32(19-29(4,5)14-9-15-30)40(35,36)22-12-13-25-26(17-22)38-20-37-25/h6-8,10-13,17,23-24,33H,9,14,16,18-20H2,1-5H3,(H,31,34)/t23-,24+/m0/s1. The second-order valence-corrected chi connectivity index (χ2v) is 13.6. The molecule has 0 aliphatic carbocycles. The summed E-state index contributed by atoms with van der Waals surface area (Å²) in [5.74, 6) is 0.767. The SMILES string of the molecule is CC(C)(CCC#N)CN(C[C@@H](O)[C@H](Cc1ccccc1)NC(=O)OC(C)(C)C)S(=O)(=O)c1ccc2c(c1)OCO2. The summed E-state index contributed by atoms with van der Waals surface area (Å²) < 4.78 is 45.2. The van der Waals surface area contributed by atoms with Crippen LogP contribution in [0.1, 0.15) is 53.0 Å². The number of amides is 1. The number of hydrogen-bond donors (Lipinski definition) is 2. The minimum atomic E-state index is -4.13. The first-order valence-electron chi connectivity index (χ1n) is 13.2. The van der Waals surface area contributed by atoms with Crippen LogP contribution in [0.2, 0.25) is 0 Å². The van der Waals surface area contributed by atoms with E-state index in [9.17, 15) is 18.3 Å². The summed E-state index contributed by atoms with van der Waals surface area (Å²) in [6.07, 6.45) is -1.05. The highest BCUT2D eigenvalue weighted by molar-refractivity contribution is 7.89. The summed E-state index contributed by atoms with van der Waals surface area (Å²) in [5.41, 5.74) is -0.486. The van der Waals surface area contributed by atoms with Crippen molar-refractivity contribution in [1.29, 1.82) is 5.26 Å². The molecule has 1 heterocycles. The molecule has 1 amide bonds. The van der Waals surface area contributed by atoms with Gasteiger partial charge in [-0.05, 0) is 56.7 Å². The molecule has 40 heavy (non-hydrogen) atoms. The number of rotatable bonds is 12. The van der Waals surface area contributed by atoms with Gasteiger partial charge in [0, 0.05) is 25.6 Å². The van der Waals surface area contributed by atoms with Crippen LogP contribution in [-0.2, 0) is 21.2 Å². The van der Waals surface area contributed by atoms with Gasteiger partial charge in [-0.15, -0.1) is 0 Å². The van der Waals surface area contributed by atoms with E-state index in [-0.39, 0.29) is 37.6 Å². The van der Waals surface area contributed by atoms with Crippen molar-refractivity contribution < 1.29 is 32.5 Å². The van der Waals surface area contributed by atoms with E-state index in [0.29, 0.717) is 17.9 Å². The molecular formula is C29H39N3O7S. The fourth-order valence-electron chi connectivity index (χ4n) is 4.33. The number of nitriles is 1. The molecule has 218 valence electrons. The van der Waals surface area contributed by atoms with Crippen molar-refractivity contribution in [3.8, 4) is 17.6 Å². The normalized spacial score (nSPS) is 14.8. The smallest absolute Gasteiger partial charge is 0.407 e. The number of nitrogens with zero attached hydrogens (tertiary/aromatic N) is 2. The van der Waals surface area contributed by atoms with Crippen molar-refractivity contribution in [3.05, 3.63) is 54.1 Å². The third-order valence-corrected chi connectivity index (χ3v) is 8.16. The Morgan fingerprint density at radius 2 is 1.80 bits per heavy atom. The molecule has 11 heteroatoms. The van der Waals surface area contributed by atoms with E-state index in [4.69, 9.17) is 19.5 Å². The van der Waals surface area contributed by atoms with Gasteiger partial charge in [-0.2, -0.15) is 9.57 Å². The van der Waals surface area contributed by atoms with Crippen LogP contribution >= 0.6 is 0 Å². The molecule has 3 rings (SSSR count). The van der Waals surface area contributed by atoms with Gasteiger partial charge >= 0.3 is 6.09 Å². The van der Waals surface area contributed by atoms with Gasteiger partial charge in [0.1, 0.15) is 5.60 Å². The molecule has 0 saturated heterocycles. The van der Waals surface area contributed by atoms with Crippen LogP contribution in [0, 0.1) is 16.7 Å².